The Morgan fingerprint density at radius 1 is 1.33 bits per heavy atom. The molecule has 18 heavy (non-hydrogen) atoms. The summed E-state index contributed by atoms with van der Waals surface area (Å²) in [5.74, 6) is -0.0781. The van der Waals surface area contributed by atoms with Crippen LogP contribution in [0.5, 0.6) is 0 Å². The average molecular weight is 273 g/mol. The van der Waals surface area contributed by atoms with Gasteiger partial charge in [0.05, 0.1) is 6.26 Å². The van der Waals surface area contributed by atoms with E-state index in [0.717, 1.165) is 5.56 Å². The van der Waals surface area contributed by atoms with Crippen LogP contribution in [0.1, 0.15) is 22.8 Å². The van der Waals surface area contributed by atoms with Crippen molar-refractivity contribution in [3.63, 3.8) is 0 Å². The molecule has 2 N–H and O–H groups in total. The molecule has 0 fully saturated rings. The van der Waals surface area contributed by atoms with Crippen molar-refractivity contribution >= 4 is 16.0 Å². The number of hydrogen-bond acceptors (Lipinski definition) is 4. The summed E-state index contributed by atoms with van der Waals surface area (Å²) in [5.41, 5.74) is 1.71. The molecule has 1 amide bonds. The Bertz CT molecular complexity index is 530. The molecule has 0 radical (unpaired) electrons. The first kappa shape index (κ1) is 14.6. The van der Waals surface area contributed by atoms with Gasteiger partial charge < -0.3 is 10.0 Å². The molecule has 2 rings (SSSR count). The van der Waals surface area contributed by atoms with Gasteiger partial charge in [-0.25, -0.2) is 0 Å². The standard InChI is InChI=1S/C10H11NO2.CH4O3S/c1-7(12)11-6-8-4-2-3-5-9(8)10(11)13;1-5(2,3)4/h2-5,7,12H,6H2,1H3;1H3,(H,2,3,4). The van der Waals surface area contributed by atoms with Gasteiger partial charge in [0.1, 0.15) is 6.23 Å². The molecule has 6 nitrogen and oxygen atoms in total. The highest BCUT2D eigenvalue weighted by Gasteiger charge is 2.28. The van der Waals surface area contributed by atoms with Crippen molar-refractivity contribution in [3.05, 3.63) is 35.4 Å². The fourth-order valence-corrected chi connectivity index (χ4v) is 1.58. The van der Waals surface area contributed by atoms with Crippen molar-refractivity contribution in [2.24, 2.45) is 0 Å². The second kappa shape index (κ2) is 5.47. The van der Waals surface area contributed by atoms with Gasteiger partial charge in [0.25, 0.3) is 16.0 Å². The molecule has 1 aliphatic heterocycles. The fraction of sp³-hybridized carbons (Fsp3) is 0.364. The first-order valence-electron chi connectivity index (χ1n) is 5.19. The number of fused-ring (bicyclic) bond motifs is 1. The Labute approximate surface area is 106 Å². The van der Waals surface area contributed by atoms with Crippen molar-refractivity contribution in [1.82, 2.24) is 4.90 Å². The number of aliphatic hydroxyl groups excluding tert-OH is 1. The van der Waals surface area contributed by atoms with Gasteiger partial charge in [-0.3, -0.25) is 9.35 Å². The van der Waals surface area contributed by atoms with E-state index in [2.05, 4.69) is 0 Å². The topological polar surface area (TPSA) is 94.9 Å². The zero-order valence-corrected chi connectivity index (χ0v) is 10.9. The van der Waals surface area contributed by atoms with E-state index in [0.29, 0.717) is 18.4 Å². The van der Waals surface area contributed by atoms with E-state index in [1.54, 1.807) is 13.0 Å². The fourth-order valence-electron chi connectivity index (χ4n) is 1.58. The summed E-state index contributed by atoms with van der Waals surface area (Å²) in [4.78, 5) is 13.1. The predicted molar refractivity (Wildman–Crippen MR) is 65.5 cm³/mol. The minimum atomic E-state index is -3.67. The SMILES string of the molecule is CC(O)N1Cc2ccccc2C1=O.CS(=O)(=O)O. The van der Waals surface area contributed by atoms with Crippen LogP contribution in [0, 0.1) is 0 Å². The summed E-state index contributed by atoms with van der Waals surface area (Å²) in [6.45, 7) is 2.12. The van der Waals surface area contributed by atoms with Crippen LogP contribution in [0.2, 0.25) is 0 Å². The summed E-state index contributed by atoms with van der Waals surface area (Å²) in [6, 6.07) is 7.44. The molecule has 100 valence electrons. The molecule has 7 heteroatoms. The molecule has 1 heterocycles. The molecule has 1 aromatic rings. The van der Waals surface area contributed by atoms with Crippen molar-refractivity contribution in [2.75, 3.05) is 6.26 Å². The zero-order valence-electron chi connectivity index (χ0n) is 10.1. The van der Waals surface area contributed by atoms with E-state index in [-0.39, 0.29) is 5.91 Å². The predicted octanol–water partition coefficient (Wildman–Crippen LogP) is 0.485. The largest absolute Gasteiger partial charge is 0.374 e. The Hall–Kier alpha value is -1.44. The molecular weight excluding hydrogens is 258 g/mol. The Balaban J connectivity index is 0.000000280. The maximum absolute atomic E-state index is 11.6. The zero-order chi connectivity index (χ0) is 13.9. The Morgan fingerprint density at radius 3 is 2.28 bits per heavy atom. The van der Waals surface area contributed by atoms with Gasteiger partial charge in [-0.1, -0.05) is 18.2 Å². The lowest BCUT2D eigenvalue weighted by Gasteiger charge is -2.18. The number of benzene rings is 1. The number of amides is 1. The number of aliphatic hydroxyl groups is 1. The quantitative estimate of drug-likeness (QED) is 0.726. The molecule has 1 atom stereocenters. The van der Waals surface area contributed by atoms with Crippen molar-refractivity contribution < 1.29 is 22.9 Å². The lowest BCUT2D eigenvalue weighted by atomic mass is 10.1. The Morgan fingerprint density at radius 2 is 1.83 bits per heavy atom. The number of carbonyl (C=O) groups excluding carboxylic acids is 1. The molecule has 1 unspecified atom stereocenters. The highest BCUT2D eigenvalue weighted by Crippen LogP contribution is 2.23. The molecule has 0 spiro atoms. The van der Waals surface area contributed by atoms with E-state index in [4.69, 9.17) is 4.55 Å². The molecule has 0 bridgehead atoms. The first-order valence-corrected chi connectivity index (χ1v) is 7.04. The number of hydrogen-bond donors (Lipinski definition) is 2. The number of rotatable bonds is 1. The van der Waals surface area contributed by atoms with Crippen LogP contribution < -0.4 is 0 Å². The summed E-state index contributed by atoms with van der Waals surface area (Å²) >= 11 is 0. The third-order valence-electron chi connectivity index (χ3n) is 2.30. The van der Waals surface area contributed by atoms with Gasteiger partial charge in [-0.15, -0.1) is 0 Å². The summed E-state index contributed by atoms with van der Waals surface area (Å²) < 4.78 is 25.9. The van der Waals surface area contributed by atoms with Crippen molar-refractivity contribution in [3.8, 4) is 0 Å². The average Bonchev–Trinajstić information content (AvgIpc) is 2.55. The molecular formula is C11H15NO5S. The van der Waals surface area contributed by atoms with Crippen LogP contribution in [0.4, 0.5) is 0 Å². The van der Waals surface area contributed by atoms with Gasteiger partial charge >= 0.3 is 0 Å². The van der Waals surface area contributed by atoms with E-state index < -0.39 is 16.3 Å². The van der Waals surface area contributed by atoms with Crippen LogP contribution >= 0.6 is 0 Å². The maximum Gasteiger partial charge on any atom is 0.261 e. The van der Waals surface area contributed by atoms with Gasteiger partial charge in [0.2, 0.25) is 0 Å². The highest BCUT2D eigenvalue weighted by atomic mass is 32.2. The maximum atomic E-state index is 11.6. The van der Waals surface area contributed by atoms with Crippen molar-refractivity contribution in [2.45, 2.75) is 19.7 Å². The third-order valence-corrected chi connectivity index (χ3v) is 2.30. The lowest BCUT2D eigenvalue weighted by Crippen LogP contribution is -2.32. The molecule has 0 aromatic heterocycles. The second-order valence-corrected chi connectivity index (χ2v) is 5.42. The molecule has 1 aliphatic rings. The second-order valence-electron chi connectivity index (χ2n) is 3.96. The molecule has 0 saturated heterocycles. The lowest BCUT2D eigenvalue weighted by molar-refractivity contribution is 0.0192. The van der Waals surface area contributed by atoms with Crippen LogP contribution in [0.25, 0.3) is 0 Å². The molecule has 1 aromatic carbocycles. The minimum absolute atomic E-state index is 0.0781. The van der Waals surface area contributed by atoms with Gasteiger partial charge in [-0.05, 0) is 18.6 Å². The van der Waals surface area contributed by atoms with E-state index in [9.17, 15) is 18.3 Å². The van der Waals surface area contributed by atoms with Gasteiger partial charge in [0, 0.05) is 12.1 Å². The molecule has 0 aliphatic carbocycles. The smallest absolute Gasteiger partial charge is 0.261 e. The summed E-state index contributed by atoms with van der Waals surface area (Å²) in [7, 11) is -3.67. The van der Waals surface area contributed by atoms with E-state index in [1.165, 1.54) is 4.90 Å². The highest BCUT2D eigenvalue weighted by molar-refractivity contribution is 7.85. The van der Waals surface area contributed by atoms with Crippen LogP contribution in [-0.2, 0) is 16.7 Å². The van der Waals surface area contributed by atoms with Crippen LogP contribution in [0.15, 0.2) is 24.3 Å². The molecule has 0 saturated carbocycles. The van der Waals surface area contributed by atoms with Gasteiger partial charge in [0.15, 0.2) is 0 Å². The number of carbonyl (C=O) groups is 1. The Kier molecular flexibility index (Phi) is 4.44. The first-order chi connectivity index (χ1) is 8.20. The minimum Gasteiger partial charge on any atom is -0.374 e. The number of nitrogens with zero attached hydrogens (tertiary/aromatic N) is 1. The summed E-state index contributed by atoms with van der Waals surface area (Å²) in [6.07, 6.45) is 0.00685. The normalized spacial score (nSPS) is 15.8. The third kappa shape index (κ3) is 4.10. The van der Waals surface area contributed by atoms with E-state index >= 15 is 0 Å². The van der Waals surface area contributed by atoms with Gasteiger partial charge in [-0.2, -0.15) is 8.42 Å². The summed E-state index contributed by atoms with van der Waals surface area (Å²) in [5, 5.41) is 9.30. The van der Waals surface area contributed by atoms with Crippen molar-refractivity contribution in [1.29, 1.82) is 0 Å². The monoisotopic (exact) mass is 273 g/mol. The van der Waals surface area contributed by atoms with Crippen LogP contribution in [-0.4, -0.2) is 41.4 Å². The van der Waals surface area contributed by atoms with Crippen LogP contribution in [0.3, 0.4) is 0 Å². The van der Waals surface area contributed by atoms with E-state index in [1.807, 2.05) is 18.2 Å².